The molecular formula is C12H20N2O4S. The summed E-state index contributed by atoms with van der Waals surface area (Å²) < 4.78 is 30.9. The maximum Gasteiger partial charge on any atom is 0.276 e. The molecule has 1 aromatic heterocycles. The van der Waals surface area contributed by atoms with Crippen LogP contribution in [0.3, 0.4) is 0 Å². The molecule has 0 aliphatic rings. The molecule has 0 saturated heterocycles. The molecule has 0 aliphatic carbocycles. The van der Waals surface area contributed by atoms with E-state index in [4.69, 9.17) is 9.52 Å². The number of nitrogens with one attached hydrogen (secondary N) is 1. The molecule has 2 N–H and O–H groups in total. The van der Waals surface area contributed by atoms with Crippen LogP contribution in [0.1, 0.15) is 12.7 Å². The van der Waals surface area contributed by atoms with Gasteiger partial charge in [-0.25, -0.2) is 8.42 Å². The van der Waals surface area contributed by atoms with E-state index in [1.54, 1.807) is 6.07 Å². The van der Waals surface area contributed by atoms with Crippen molar-refractivity contribution < 1.29 is 17.9 Å². The summed E-state index contributed by atoms with van der Waals surface area (Å²) in [6, 6.07) is 3.05. The minimum absolute atomic E-state index is 0.0115. The molecule has 19 heavy (non-hydrogen) atoms. The van der Waals surface area contributed by atoms with Crippen LogP contribution in [0.5, 0.6) is 0 Å². The van der Waals surface area contributed by atoms with Crippen LogP contribution in [0.2, 0.25) is 0 Å². The first-order valence-corrected chi connectivity index (χ1v) is 7.51. The molecule has 0 amide bonds. The lowest BCUT2D eigenvalue weighted by Gasteiger charge is -2.17. The molecule has 0 unspecified atom stereocenters. The van der Waals surface area contributed by atoms with Gasteiger partial charge in [0.1, 0.15) is 5.76 Å². The van der Waals surface area contributed by atoms with Gasteiger partial charge >= 0.3 is 0 Å². The minimum Gasteiger partial charge on any atom is -0.447 e. The van der Waals surface area contributed by atoms with Gasteiger partial charge in [0.05, 0.1) is 13.2 Å². The van der Waals surface area contributed by atoms with E-state index in [1.165, 1.54) is 12.1 Å². The second-order valence-electron chi connectivity index (χ2n) is 3.88. The standard InChI is InChI=1S/C12H20N2O4S/c1-3-7-14(8-9-15)19(16,17)12-6-5-11(18-12)10-13-4-2/h3,5-6,13,15H,1,4,7-10H2,2H3. The molecule has 0 aliphatic heterocycles. The molecule has 0 fully saturated rings. The molecule has 0 aromatic carbocycles. The fourth-order valence-electron chi connectivity index (χ4n) is 1.53. The lowest BCUT2D eigenvalue weighted by molar-refractivity contribution is 0.257. The van der Waals surface area contributed by atoms with Crippen LogP contribution in [-0.4, -0.2) is 44.1 Å². The van der Waals surface area contributed by atoms with Crippen molar-refractivity contribution in [3.63, 3.8) is 0 Å². The van der Waals surface area contributed by atoms with Crippen molar-refractivity contribution in [2.24, 2.45) is 0 Å². The van der Waals surface area contributed by atoms with Gasteiger partial charge in [-0.2, -0.15) is 4.31 Å². The number of nitrogens with zero attached hydrogens (tertiary/aromatic N) is 1. The fourth-order valence-corrected chi connectivity index (χ4v) is 2.86. The second kappa shape index (κ2) is 7.44. The molecule has 0 atom stereocenters. The highest BCUT2D eigenvalue weighted by molar-refractivity contribution is 7.89. The highest BCUT2D eigenvalue weighted by Crippen LogP contribution is 2.18. The monoisotopic (exact) mass is 288 g/mol. The fraction of sp³-hybridized carbons (Fsp3) is 0.500. The maximum absolute atomic E-state index is 12.3. The van der Waals surface area contributed by atoms with Gasteiger partial charge in [-0.1, -0.05) is 13.0 Å². The van der Waals surface area contributed by atoms with Gasteiger partial charge in [0.25, 0.3) is 10.0 Å². The average Bonchev–Trinajstić information content (AvgIpc) is 2.85. The van der Waals surface area contributed by atoms with E-state index in [2.05, 4.69) is 11.9 Å². The summed E-state index contributed by atoms with van der Waals surface area (Å²) in [5.74, 6) is 0.558. The van der Waals surface area contributed by atoms with Crippen molar-refractivity contribution in [1.82, 2.24) is 9.62 Å². The second-order valence-corrected chi connectivity index (χ2v) is 5.75. The molecule has 1 heterocycles. The summed E-state index contributed by atoms with van der Waals surface area (Å²) in [6.07, 6.45) is 1.47. The molecular weight excluding hydrogens is 268 g/mol. The van der Waals surface area contributed by atoms with Crippen molar-refractivity contribution in [2.75, 3.05) is 26.2 Å². The first kappa shape index (κ1) is 15.9. The molecule has 0 spiro atoms. The third-order valence-electron chi connectivity index (χ3n) is 2.46. The summed E-state index contributed by atoms with van der Waals surface area (Å²) >= 11 is 0. The van der Waals surface area contributed by atoms with Crippen molar-refractivity contribution >= 4 is 10.0 Å². The third kappa shape index (κ3) is 4.17. The summed E-state index contributed by atoms with van der Waals surface area (Å²) in [5, 5.41) is 11.8. The quantitative estimate of drug-likeness (QED) is 0.649. The third-order valence-corrected chi connectivity index (χ3v) is 4.20. The summed E-state index contributed by atoms with van der Waals surface area (Å²) in [5.41, 5.74) is 0. The molecule has 0 bridgehead atoms. The lowest BCUT2D eigenvalue weighted by Crippen LogP contribution is -2.33. The number of aliphatic hydroxyl groups is 1. The smallest absolute Gasteiger partial charge is 0.276 e. The van der Waals surface area contributed by atoms with E-state index in [-0.39, 0.29) is 24.8 Å². The Bertz CT molecular complexity index is 496. The Balaban J connectivity index is 2.90. The highest BCUT2D eigenvalue weighted by atomic mass is 32.2. The topological polar surface area (TPSA) is 82.8 Å². The van der Waals surface area contributed by atoms with Crippen LogP contribution in [-0.2, 0) is 16.6 Å². The van der Waals surface area contributed by atoms with Crippen LogP contribution < -0.4 is 5.32 Å². The van der Waals surface area contributed by atoms with Crippen LogP contribution in [0, 0.1) is 0 Å². The zero-order chi connectivity index (χ0) is 14.3. The van der Waals surface area contributed by atoms with Crippen LogP contribution in [0.4, 0.5) is 0 Å². The zero-order valence-electron chi connectivity index (χ0n) is 11.0. The summed E-state index contributed by atoms with van der Waals surface area (Å²) in [7, 11) is -3.72. The molecule has 108 valence electrons. The van der Waals surface area contributed by atoms with Crippen molar-refractivity contribution in [3.8, 4) is 0 Å². The Morgan fingerprint density at radius 1 is 1.53 bits per heavy atom. The number of rotatable bonds is 9. The Labute approximate surface area is 113 Å². The van der Waals surface area contributed by atoms with E-state index < -0.39 is 10.0 Å². The first-order valence-electron chi connectivity index (χ1n) is 6.07. The van der Waals surface area contributed by atoms with E-state index in [9.17, 15) is 8.42 Å². The average molecular weight is 288 g/mol. The van der Waals surface area contributed by atoms with E-state index >= 15 is 0 Å². The first-order chi connectivity index (χ1) is 9.06. The van der Waals surface area contributed by atoms with Crippen LogP contribution in [0.25, 0.3) is 0 Å². The summed E-state index contributed by atoms with van der Waals surface area (Å²) in [4.78, 5) is 0. The van der Waals surface area contributed by atoms with Gasteiger partial charge in [-0.15, -0.1) is 6.58 Å². The van der Waals surface area contributed by atoms with E-state index in [1.807, 2.05) is 6.92 Å². The molecule has 0 radical (unpaired) electrons. The minimum atomic E-state index is -3.72. The Hall–Kier alpha value is -1.15. The summed E-state index contributed by atoms with van der Waals surface area (Å²) in [6.45, 7) is 6.60. The molecule has 0 saturated carbocycles. The molecule has 6 nitrogen and oxygen atoms in total. The SMILES string of the molecule is C=CCN(CCO)S(=O)(=O)c1ccc(CNCC)o1. The number of hydrogen-bond acceptors (Lipinski definition) is 5. The number of aliphatic hydroxyl groups excluding tert-OH is 1. The van der Waals surface area contributed by atoms with Crippen LogP contribution >= 0.6 is 0 Å². The maximum atomic E-state index is 12.3. The van der Waals surface area contributed by atoms with Gasteiger partial charge in [0.15, 0.2) is 0 Å². The van der Waals surface area contributed by atoms with Gasteiger partial charge in [0.2, 0.25) is 5.09 Å². The van der Waals surface area contributed by atoms with Gasteiger partial charge in [0, 0.05) is 13.1 Å². The van der Waals surface area contributed by atoms with Crippen molar-refractivity contribution in [1.29, 1.82) is 0 Å². The van der Waals surface area contributed by atoms with Crippen LogP contribution in [0.15, 0.2) is 34.3 Å². The highest BCUT2D eigenvalue weighted by Gasteiger charge is 2.26. The number of sulfonamides is 1. The van der Waals surface area contributed by atoms with E-state index in [0.717, 1.165) is 10.8 Å². The number of furan rings is 1. The molecule has 7 heteroatoms. The predicted molar refractivity (Wildman–Crippen MR) is 72.1 cm³/mol. The van der Waals surface area contributed by atoms with Crippen molar-refractivity contribution in [2.45, 2.75) is 18.6 Å². The van der Waals surface area contributed by atoms with Gasteiger partial charge < -0.3 is 14.8 Å². The lowest BCUT2D eigenvalue weighted by atomic mass is 10.4. The predicted octanol–water partition coefficient (Wildman–Crippen LogP) is 0.558. The van der Waals surface area contributed by atoms with Crippen molar-refractivity contribution in [3.05, 3.63) is 30.5 Å². The molecule has 1 rings (SSSR count). The zero-order valence-corrected chi connectivity index (χ0v) is 11.8. The van der Waals surface area contributed by atoms with E-state index in [0.29, 0.717) is 12.3 Å². The van der Waals surface area contributed by atoms with Gasteiger partial charge in [-0.3, -0.25) is 0 Å². The Morgan fingerprint density at radius 3 is 2.84 bits per heavy atom. The Kier molecular flexibility index (Phi) is 6.23. The normalized spacial score (nSPS) is 11.9. The Morgan fingerprint density at radius 2 is 2.26 bits per heavy atom. The molecule has 1 aromatic rings. The number of hydrogen-bond donors (Lipinski definition) is 2. The largest absolute Gasteiger partial charge is 0.447 e. The van der Waals surface area contributed by atoms with Gasteiger partial charge in [-0.05, 0) is 18.7 Å².